The fourth-order valence-corrected chi connectivity index (χ4v) is 3.52. The standard InChI is InChI=1S/C9H13NO5S2/c1-15-9(12)8-7(3-6-16-8)17(13,14)10-4-2-5-11/h3,6,10-11H,2,4-5H2,1H3. The Morgan fingerprint density at radius 3 is 2.88 bits per heavy atom. The summed E-state index contributed by atoms with van der Waals surface area (Å²) in [7, 11) is -2.53. The number of thiophene rings is 1. The van der Waals surface area contributed by atoms with Crippen LogP contribution in [-0.2, 0) is 14.8 Å². The highest BCUT2D eigenvalue weighted by atomic mass is 32.2. The summed E-state index contributed by atoms with van der Waals surface area (Å²) in [4.78, 5) is 11.3. The zero-order valence-corrected chi connectivity index (χ0v) is 10.8. The molecule has 0 bridgehead atoms. The molecular weight excluding hydrogens is 266 g/mol. The SMILES string of the molecule is COC(=O)c1sccc1S(=O)(=O)NCCCO. The molecule has 0 unspecified atom stereocenters. The first-order chi connectivity index (χ1) is 8.03. The van der Waals surface area contributed by atoms with Crippen molar-refractivity contribution in [2.24, 2.45) is 0 Å². The number of hydrogen-bond acceptors (Lipinski definition) is 6. The lowest BCUT2D eigenvalue weighted by molar-refractivity contribution is 0.0602. The fourth-order valence-electron chi connectivity index (χ4n) is 1.11. The number of aliphatic hydroxyl groups is 1. The van der Waals surface area contributed by atoms with E-state index in [1.807, 2.05) is 0 Å². The van der Waals surface area contributed by atoms with E-state index in [9.17, 15) is 13.2 Å². The lowest BCUT2D eigenvalue weighted by Gasteiger charge is -2.05. The summed E-state index contributed by atoms with van der Waals surface area (Å²) >= 11 is 1.01. The lowest BCUT2D eigenvalue weighted by Crippen LogP contribution is -2.26. The third kappa shape index (κ3) is 3.50. The van der Waals surface area contributed by atoms with Crippen molar-refractivity contribution in [3.8, 4) is 0 Å². The molecule has 0 atom stereocenters. The molecule has 1 aromatic rings. The van der Waals surface area contributed by atoms with Crippen LogP contribution in [-0.4, -0.2) is 39.8 Å². The Labute approximate surface area is 103 Å². The Hall–Kier alpha value is -0.960. The summed E-state index contributed by atoms with van der Waals surface area (Å²) in [5.41, 5.74) is 0. The second kappa shape index (κ2) is 6.10. The molecule has 2 N–H and O–H groups in total. The van der Waals surface area contributed by atoms with Gasteiger partial charge in [-0.3, -0.25) is 0 Å². The average Bonchev–Trinajstić information content (AvgIpc) is 2.78. The predicted octanol–water partition coefficient (Wildman–Crippen LogP) is 0.195. The van der Waals surface area contributed by atoms with E-state index >= 15 is 0 Å². The number of ether oxygens (including phenoxy) is 1. The summed E-state index contributed by atoms with van der Waals surface area (Å²) < 4.78 is 30.4. The van der Waals surface area contributed by atoms with Crippen LogP contribution < -0.4 is 4.72 Å². The lowest BCUT2D eigenvalue weighted by atomic mass is 10.5. The molecule has 17 heavy (non-hydrogen) atoms. The van der Waals surface area contributed by atoms with Crippen LogP contribution in [0.5, 0.6) is 0 Å². The van der Waals surface area contributed by atoms with Gasteiger partial charge in [0.2, 0.25) is 10.0 Å². The van der Waals surface area contributed by atoms with Crippen molar-refractivity contribution in [1.82, 2.24) is 4.72 Å². The van der Waals surface area contributed by atoms with Crippen molar-refractivity contribution in [3.63, 3.8) is 0 Å². The van der Waals surface area contributed by atoms with Crippen molar-refractivity contribution >= 4 is 27.3 Å². The van der Waals surface area contributed by atoms with Gasteiger partial charge in [-0.05, 0) is 17.9 Å². The minimum atomic E-state index is -3.73. The highest BCUT2D eigenvalue weighted by Crippen LogP contribution is 2.22. The first kappa shape index (κ1) is 14.1. The average molecular weight is 279 g/mol. The van der Waals surface area contributed by atoms with Crippen molar-refractivity contribution in [1.29, 1.82) is 0 Å². The number of sulfonamides is 1. The molecule has 0 amide bonds. The molecule has 0 spiro atoms. The first-order valence-electron chi connectivity index (χ1n) is 4.79. The van der Waals surface area contributed by atoms with Gasteiger partial charge in [0.15, 0.2) is 0 Å². The van der Waals surface area contributed by atoms with E-state index in [2.05, 4.69) is 9.46 Å². The molecular formula is C9H13NO5S2. The fraction of sp³-hybridized carbons (Fsp3) is 0.444. The van der Waals surface area contributed by atoms with Gasteiger partial charge in [0.1, 0.15) is 9.77 Å². The Bertz CT molecular complexity index is 479. The maximum Gasteiger partial charge on any atom is 0.349 e. The monoisotopic (exact) mass is 279 g/mol. The van der Waals surface area contributed by atoms with Gasteiger partial charge < -0.3 is 9.84 Å². The van der Waals surface area contributed by atoms with Crippen LogP contribution in [0, 0.1) is 0 Å². The van der Waals surface area contributed by atoms with E-state index in [0.29, 0.717) is 6.42 Å². The Morgan fingerprint density at radius 1 is 1.59 bits per heavy atom. The number of carbonyl (C=O) groups excluding carboxylic acids is 1. The van der Waals surface area contributed by atoms with E-state index in [0.717, 1.165) is 11.3 Å². The zero-order valence-electron chi connectivity index (χ0n) is 9.17. The summed E-state index contributed by atoms with van der Waals surface area (Å²) in [5.74, 6) is -0.678. The maximum atomic E-state index is 11.8. The van der Waals surface area contributed by atoms with Crippen molar-refractivity contribution in [2.45, 2.75) is 11.3 Å². The van der Waals surface area contributed by atoms with Gasteiger partial charge in [0.05, 0.1) is 7.11 Å². The van der Waals surface area contributed by atoms with Gasteiger partial charge in [-0.25, -0.2) is 17.9 Å². The molecule has 8 heteroatoms. The van der Waals surface area contributed by atoms with Crippen molar-refractivity contribution in [3.05, 3.63) is 16.3 Å². The molecule has 96 valence electrons. The van der Waals surface area contributed by atoms with Gasteiger partial charge in [-0.1, -0.05) is 0 Å². The van der Waals surface area contributed by atoms with Gasteiger partial charge in [-0.15, -0.1) is 11.3 Å². The summed E-state index contributed by atoms with van der Waals surface area (Å²) in [5, 5.41) is 10.1. The largest absolute Gasteiger partial charge is 0.465 e. The molecule has 0 saturated carbocycles. The Morgan fingerprint density at radius 2 is 2.29 bits per heavy atom. The van der Waals surface area contributed by atoms with Gasteiger partial charge in [0, 0.05) is 13.2 Å². The zero-order chi connectivity index (χ0) is 12.9. The summed E-state index contributed by atoms with van der Waals surface area (Å²) in [6.07, 6.45) is 0.316. The highest BCUT2D eigenvalue weighted by molar-refractivity contribution is 7.89. The minimum absolute atomic E-state index is 0.0454. The second-order valence-corrected chi connectivity index (χ2v) is 5.73. The highest BCUT2D eigenvalue weighted by Gasteiger charge is 2.23. The molecule has 0 aliphatic heterocycles. The number of aliphatic hydroxyl groups excluding tert-OH is 1. The second-order valence-electron chi connectivity index (χ2n) is 3.08. The number of carbonyl (C=O) groups is 1. The number of rotatable bonds is 6. The quantitative estimate of drug-likeness (QED) is 0.573. The Balaban J connectivity index is 2.92. The number of methoxy groups -OCH3 is 1. The van der Waals surface area contributed by atoms with E-state index in [1.54, 1.807) is 0 Å². The maximum absolute atomic E-state index is 11.8. The topological polar surface area (TPSA) is 92.7 Å². The van der Waals surface area contributed by atoms with Crippen LogP contribution in [0.3, 0.4) is 0 Å². The molecule has 0 aromatic carbocycles. The first-order valence-corrected chi connectivity index (χ1v) is 7.15. The van der Waals surface area contributed by atoms with Crippen molar-refractivity contribution < 1.29 is 23.1 Å². The smallest absolute Gasteiger partial charge is 0.349 e. The van der Waals surface area contributed by atoms with E-state index in [4.69, 9.17) is 5.11 Å². The molecule has 1 rings (SSSR count). The molecule has 0 radical (unpaired) electrons. The van der Waals surface area contributed by atoms with E-state index < -0.39 is 16.0 Å². The molecule has 0 fully saturated rings. The number of esters is 1. The number of hydrogen-bond donors (Lipinski definition) is 2. The molecule has 6 nitrogen and oxygen atoms in total. The third-order valence-electron chi connectivity index (χ3n) is 1.92. The summed E-state index contributed by atoms with van der Waals surface area (Å²) in [6.45, 7) is 0.0192. The molecule has 0 aliphatic carbocycles. The minimum Gasteiger partial charge on any atom is -0.465 e. The van der Waals surface area contributed by atoms with Gasteiger partial charge in [0.25, 0.3) is 0 Å². The van der Waals surface area contributed by atoms with Crippen molar-refractivity contribution in [2.75, 3.05) is 20.3 Å². The molecule has 0 saturated heterocycles. The van der Waals surface area contributed by atoms with Crippen LogP contribution in [0.15, 0.2) is 16.3 Å². The van der Waals surface area contributed by atoms with Crippen LogP contribution in [0.2, 0.25) is 0 Å². The van der Waals surface area contributed by atoms with Crippen LogP contribution in [0.25, 0.3) is 0 Å². The molecule has 1 heterocycles. The van der Waals surface area contributed by atoms with E-state index in [-0.39, 0.29) is 22.9 Å². The van der Waals surface area contributed by atoms with Crippen LogP contribution in [0.4, 0.5) is 0 Å². The summed E-state index contributed by atoms with van der Waals surface area (Å²) in [6, 6.07) is 1.35. The predicted molar refractivity (Wildman–Crippen MR) is 62.5 cm³/mol. The Kier molecular flexibility index (Phi) is 5.06. The van der Waals surface area contributed by atoms with Gasteiger partial charge in [-0.2, -0.15) is 0 Å². The van der Waals surface area contributed by atoms with Crippen LogP contribution >= 0.6 is 11.3 Å². The van der Waals surface area contributed by atoms with Gasteiger partial charge >= 0.3 is 5.97 Å². The third-order valence-corrected chi connectivity index (χ3v) is 4.44. The van der Waals surface area contributed by atoms with Crippen LogP contribution in [0.1, 0.15) is 16.1 Å². The normalized spacial score (nSPS) is 11.4. The molecule has 1 aromatic heterocycles. The number of nitrogens with one attached hydrogen (secondary N) is 1. The molecule has 0 aliphatic rings. The van der Waals surface area contributed by atoms with E-state index in [1.165, 1.54) is 18.6 Å².